The Kier molecular flexibility index (Phi) is 17.5. The summed E-state index contributed by atoms with van der Waals surface area (Å²) >= 11 is 0. The third-order valence-electron chi connectivity index (χ3n) is 0. The van der Waals surface area contributed by atoms with E-state index in [1.54, 1.807) is 0 Å². The van der Waals surface area contributed by atoms with Gasteiger partial charge in [0.2, 0.25) is 0 Å². The van der Waals surface area contributed by atoms with Gasteiger partial charge in [-0.1, -0.05) is 0 Å². The standard InChI is InChI=1S/2CH2O3.Am/c2*2-1(3)4;/h2*(H2,2,3,4);/p-4. The maximum atomic E-state index is 8.33. The van der Waals surface area contributed by atoms with Gasteiger partial charge in [0.05, 0.1) is 0 Å². The largest absolute Gasteiger partial charge is 0.652 e. The van der Waals surface area contributed by atoms with Crippen molar-refractivity contribution in [3.05, 3.63) is 0 Å². The summed E-state index contributed by atoms with van der Waals surface area (Å²) in [4.78, 5) is 16.7. The van der Waals surface area contributed by atoms with E-state index in [-0.39, 0.29) is 14.3 Å². The molecule has 0 spiro atoms. The van der Waals surface area contributed by atoms with E-state index in [4.69, 9.17) is 30.0 Å². The van der Waals surface area contributed by atoms with Crippen molar-refractivity contribution < 1.29 is 44.3 Å². The molecule has 55 valence electrons. The van der Waals surface area contributed by atoms with Crippen LogP contribution in [0.5, 0.6) is 0 Å². The molecule has 1 radical (unpaired) electrons. The van der Waals surface area contributed by atoms with Crippen LogP contribution in [-0.2, 0) is 0 Å². The summed E-state index contributed by atoms with van der Waals surface area (Å²) in [6, 6.07) is 0. The monoisotopic (exact) mass is 361 g/mol. The molecular formula is C2AmO6-4. The first kappa shape index (κ1) is 15.7. The van der Waals surface area contributed by atoms with Crippen LogP contribution in [0, 0.1) is 14.3 Å². The first-order valence-electron chi connectivity index (χ1n) is 1.22. The molecule has 0 saturated heterocycles. The second-order valence-corrected chi connectivity index (χ2v) is 0.500. The summed E-state index contributed by atoms with van der Waals surface area (Å²) in [5.41, 5.74) is 0. The molecule has 0 amide bonds. The van der Waals surface area contributed by atoms with Gasteiger partial charge in [-0.25, -0.2) is 0 Å². The zero-order valence-electron chi connectivity index (χ0n) is 3.83. The van der Waals surface area contributed by atoms with Crippen LogP contribution in [0.4, 0.5) is 9.59 Å². The average molecular weight is 363 g/mol. The van der Waals surface area contributed by atoms with E-state index in [2.05, 4.69) is 0 Å². The van der Waals surface area contributed by atoms with E-state index in [0.717, 1.165) is 0 Å². The van der Waals surface area contributed by atoms with E-state index < -0.39 is 12.3 Å². The van der Waals surface area contributed by atoms with Crippen LogP contribution in [0.15, 0.2) is 0 Å². The van der Waals surface area contributed by atoms with Crippen LogP contribution in [0.3, 0.4) is 0 Å². The first-order chi connectivity index (χ1) is 3.46. The number of hydrogen-bond acceptors (Lipinski definition) is 6. The zero-order chi connectivity index (χ0) is 7.15. The van der Waals surface area contributed by atoms with Gasteiger partial charge in [-0.3, -0.25) is 0 Å². The van der Waals surface area contributed by atoms with Crippen LogP contribution in [0.25, 0.3) is 0 Å². The quantitative estimate of drug-likeness (QED) is 0.425. The summed E-state index contributed by atoms with van der Waals surface area (Å²) in [6.07, 6.45) is -4.67. The molecule has 0 aromatic rings. The molecule has 0 unspecified atom stereocenters. The summed E-state index contributed by atoms with van der Waals surface area (Å²) in [5.74, 6) is 0. The topological polar surface area (TPSA) is 126 Å². The van der Waals surface area contributed by atoms with Gasteiger partial charge in [0.1, 0.15) is 0 Å². The van der Waals surface area contributed by atoms with Crippen LogP contribution < -0.4 is 20.4 Å². The molecule has 7 heteroatoms. The Balaban J connectivity index is -0.0000000720. The van der Waals surface area contributed by atoms with Gasteiger partial charge in [-0.2, -0.15) is 0 Å². The summed E-state index contributed by atoms with van der Waals surface area (Å²) in [6.45, 7) is 0. The Hall–Kier alpha value is -1.07. The van der Waals surface area contributed by atoms with Crippen LogP contribution in [-0.4, -0.2) is 12.3 Å². The fourth-order valence-corrected chi connectivity index (χ4v) is 0. The molecule has 0 rings (SSSR count). The third kappa shape index (κ3) is 147. The summed E-state index contributed by atoms with van der Waals surface area (Å²) < 4.78 is 0. The number of hydrogen-bond donors (Lipinski definition) is 0. The molecular weight excluding hydrogens is 363 g/mol. The minimum absolute atomic E-state index is 0. The van der Waals surface area contributed by atoms with E-state index >= 15 is 0 Å². The van der Waals surface area contributed by atoms with Crippen molar-refractivity contribution in [2.24, 2.45) is 0 Å². The van der Waals surface area contributed by atoms with Crippen molar-refractivity contribution in [2.45, 2.75) is 0 Å². The van der Waals surface area contributed by atoms with E-state index in [1.165, 1.54) is 0 Å². The van der Waals surface area contributed by atoms with Crippen molar-refractivity contribution >= 4 is 12.3 Å². The molecule has 0 aromatic carbocycles. The van der Waals surface area contributed by atoms with Crippen LogP contribution >= 0.6 is 0 Å². The smallest absolute Gasteiger partial charge is 0 e. The number of carbonyl (C=O) groups excluding carboxylic acids is 2. The number of carboxylic acid groups (broad SMARTS) is 4. The maximum absolute atomic E-state index is 8.33. The Morgan fingerprint density at radius 3 is 0.778 bits per heavy atom. The summed E-state index contributed by atoms with van der Waals surface area (Å²) in [5, 5.41) is 33.3. The van der Waals surface area contributed by atoms with Gasteiger partial charge in [0.25, 0.3) is 0 Å². The van der Waals surface area contributed by atoms with Crippen molar-refractivity contribution in [2.75, 3.05) is 0 Å². The van der Waals surface area contributed by atoms with Crippen LogP contribution in [0.2, 0.25) is 0 Å². The van der Waals surface area contributed by atoms with Gasteiger partial charge in [0, 0.05) is 14.3 Å². The van der Waals surface area contributed by atoms with E-state index in [0.29, 0.717) is 0 Å². The Morgan fingerprint density at radius 1 is 0.778 bits per heavy atom. The Morgan fingerprint density at radius 2 is 0.778 bits per heavy atom. The molecule has 0 atom stereocenters. The summed E-state index contributed by atoms with van der Waals surface area (Å²) in [7, 11) is 0. The third-order valence-corrected chi connectivity index (χ3v) is 0. The van der Waals surface area contributed by atoms with Gasteiger partial charge >= 0.3 is 0 Å². The fraction of sp³-hybridized carbons (Fsp3) is 0. The van der Waals surface area contributed by atoms with Gasteiger partial charge in [0.15, 0.2) is 0 Å². The number of carbonyl (C=O) groups is 2. The predicted molar refractivity (Wildman–Crippen MR) is 10.8 cm³/mol. The zero-order valence-corrected chi connectivity index (χ0v) is 6.97. The second kappa shape index (κ2) is 10.0. The van der Waals surface area contributed by atoms with Crippen LogP contribution in [0.1, 0.15) is 0 Å². The average Bonchev–Trinajstić information content (AvgIpc) is 1.25. The molecule has 0 aliphatic carbocycles. The molecule has 0 fully saturated rings. The normalized spacial score (nSPS) is 5.33. The molecule has 9 heavy (non-hydrogen) atoms. The minimum Gasteiger partial charge on any atom is -0.652 e. The van der Waals surface area contributed by atoms with Crippen molar-refractivity contribution in [1.82, 2.24) is 0 Å². The molecule has 0 bridgehead atoms. The van der Waals surface area contributed by atoms with E-state index in [1.807, 2.05) is 0 Å². The maximum Gasteiger partial charge on any atom is 0 e. The van der Waals surface area contributed by atoms with Gasteiger partial charge in [-0.15, -0.1) is 0 Å². The molecule has 0 N–H and O–H groups in total. The minimum atomic E-state index is -2.33. The SMILES string of the molecule is O=C([O-])[O-].O=C([O-])[O-].[Am]. The Bertz CT molecular complexity index is 69.1. The molecule has 0 aliphatic heterocycles. The van der Waals surface area contributed by atoms with E-state index in [9.17, 15) is 0 Å². The molecule has 0 aliphatic rings. The number of rotatable bonds is 0. The first-order valence-corrected chi connectivity index (χ1v) is 1.22. The second-order valence-electron chi connectivity index (χ2n) is 0.500. The van der Waals surface area contributed by atoms with Crippen molar-refractivity contribution in [1.29, 1.82) is 0 Å². The molecule has 0 saturated carbocycles. The van der Waals surface area contributed by atoms with Crippen molar-refractivity contribution in [3.63, 3.8) is 0 Å². The molecule has 6 nitrogen and oxygen atoms in total. The predicted octanol–water partition coefficient (Wildman–Crippen LogP) is -4.89. The Labute approximate surface area is 57.6 Å². The fourth-order valence-electron chi connectivity index (χ4n) is 0. The molecule has 0 heterocycles. The van der Waals surface area contributed by atoms with Crippen molar-refractivity contribution in [3.8, 4) is 0 Å². The molecule has 0 aromatic heterocycles. The van der Waals surface area contributed by atoms with Gasteiger partial charge in [-0.05, 0) is 12.3 Å². The van der Waals surface area contributed by atoms with Gasteiger partial charge < -0.3 is 30.0 Å².